The monoisotopic (exact) mass is 340 g/mol. The number of amides is 1. The Bertz CT molecular complexity index is 704. The molecule has 0 saturated carbocycles. The highest BCUT2D eigenvalue weighted by atomic mass is 32.2. The molecule has 1 aromatic rings. The summed E-state index contributed by atoms with van der Waals surface area (Å²) in [6.07, 6.45) is 3.16. The molecule has 2 heterocycles. The highest BCUT2D eigenvalue weighted by molar-refractivity contribution is 7.88. The zero-order valence-corrected chi connectivity index (χ0v) is 13.8. The molecule has 8 heteroatoms. The van der Waals surface area contributed by atoms with Crippen LogP contribution in [0.3, 0.4) is 0 Å². The second-order valence-electron chi connectivity index (χ2n) is 5.73. The van der Waals surface area contributed by atoms with E-state index in [2.05, 4.69) is 5.32 Å². The Morgan fingerprint density at radius 2 is 1.96 bits per heavy atom. The van der Waals surface area contributed by atoms with Gasteiger partial charge in [0.2, 0.25) is 15.9 Å². The van der Waals surface area contributed by atoms with E-state index in [0.717, 1.165) is 12.7 Å². The van der Waals surface area contributed by atoms with Gasteiger partial charge in [-0.15, -0.1) is 0 Å². The van der Waals surface area contributed by atoms with Crippen LogP contribution in [0.15, 0.2) is 18.2 Å². The van der Waals surface area contributed by atoms with Crippen molar-refractivity contribution in [1.29, 1.82) is 0 Å². The van der Waals surface area contributed by atoms with Crippen LogP contribution in [0.1, 0.15) is 19.3 Å². The fourth-order valence-electron chi connectivity index (χ4n) is 2.87. The molecular weight excluding hydrogens is 320 g/mol. The normalized spacial score (nSPS) is 21.7. The molecule has 0 bridgehead atoms. The van der Waals surface area contributed by atoms with Gasteiger partial charge in [0.25, 0.3) is 0 Å². The second kappa shape index (κ2) is 6.37. The Morgan fingerprint density at radius 3 is 2.70 bits per heavy atom. The molecule has 23 heavy (non-hydrogen) atoms. The number of carbonyl (C=O) groups is 1. The van der Waals surface area contributed by atoms with Crippen molar-refractivity contribution >= 4 is 21.6 Å². The van der Waals surface area contributed by atoms with Gasteiger partial charge in [0.15, 0.2) is 11.5 Å². The number of fused-ring (bicyclic) bond motifs is 1. The number of hydrogen-bond acceptors (Lipinski definition) is 5. The van der Waals surface area contributed by atoms with Crippen LogP contribution in [0.2, 0.25) is 0 Å². The van der Waals surface area contributed by atoms with Crippen molar-refractivity contribution in [3.63, 3.8) is 0 Å². The van der Waals surface area contributed by atoms with Crippen LogP contribution < -0.4 is 14.8 Å². The molecule has 1 amide bonds. The number of ether oxygens (including phenoxy) is 2. The van der Waals surface area contributed by atoms with E-state index in [0.29, 0.717) is 49.8 Å². The molecular formula is C15H20N2O5S. The molecule has 2 aliphatic rings. The number of nitrogens with zero attached hydrogens (tertiary/aromatic N) is 1. The van der Waals surface area contributed by atoms with E-state index in [-0.39, 0.29) is 5.91 Å². The number of carbonyl (C=O) groups excluding carboxylic acids is 1. The minimum Gasteiger partial charge on any atom is -0.490 e. The van der Waals surface area contributed by atoms with Gasteiger partial charge in [0, 0.05) is 24.7 Å². The average molecular weight is 340 g/mol. The molecule has 7 nitrogen and oxygen atoms in total. The van der Waals surface area contributed by atoms with Gasteiger partial charge in [-0.2, -0.15) is 4.31 Å². The van der Waals surface area contributed by atoms with Crippen molar-refractivity contribution in [2.75, 3.05) is 31.3 Å². The summed E-state index contributed by atoms with van der Waals surface area (Å²) in [6, 6.07) is 4.53. The van der Waals surface area contributed by atoms with Crippen molar-refractivity contribution in [1.82, 2.24) is 4.31 Å². The van der Waals surface area contributed by atoms with Gasteiger partial charge >= 0.3 is 0 Å². The smallest absolute Gasteiger partial charge is 0.242 e. The molecule has 0 aliphatic carbocycles. The van der Waals surface area contributed by atoms with E-state index < -0.39 is 16.1 Å². The van der Waals surface area contributed by atoms with Crippen LogP contribution in [0.25, 0.3) is 0 Å². The number of nitrogens with one attached hydrogen (secondary N) is 1. The van der Waals surface area contributed by atoms with Gasteiger partial charge in [-0.1, -0.05) is 0 Å². The third-order valence-electron chi connectivity index (χ3n) is 3.95. The summed E-state index contributed by atoms with van der Waals surface area (Å²) >= 11 is 0. The van der Waals surface area contributed by atoms with Crippen molar-refractivity contribution in [2.24, 2.45) is 0 Å². The molecule has 3 rings (SSSR count). The standard InChI is InChI=1S/C15H20N2O5S/c1-23(19,20)17-7-2-4-12(17)15(18)16-11-5-6-13-14(10-11)22-9-3-8-21-13/h5-6,10,12H,2-4,7-9H2,1H3,(H,16,18). The van der Waals surface area contributed by atoms with Crippen molar-refractivity contribution in [2.45, 2.75) is 25.3 Å². The molecule has 1 unspecified atom stereocenters. The quantitative estimate of drug-likeness (QED) is 0.894. The number of rotatable bonds is 3. The Labute approximate surface area is 135 Å². The van der Waals surface area contributed by atoms with E-state index in [1.165, 1.54) is 4.31 Å². The van der Waals surface area contributed by atoms with Crippen molar-refractivity contribution in [3.8, 4) is 11.5 Å². The van der Waals surface area contributed by atoms with Crippen LogP contribution >= 0.6 is 0 Å². The second-order valence-corrected chi connectivity index (χ2v) is 7.67. The molecule has 1 aromatic carbocycles. The molecule has 1 N–H and O–H groups in total. The van der Waals surface area contributed by atoms with Crippen molar-refractivity contribution < 1.29 is 22.7 Å². The summed E-state index contributed by atoms with van der Waals surface area (Å²) in [5.74, 6) is 0.924. The van der Waals surface area contributed by atoms with Gasteiger partial charge < -0.3 is 14.8 Å². The van der Waals surface area contributed by atoms with Gasteiger partial charge in [-0.3, -0.25) is 4.79 Å². The van der Waals surface area contributed by atoms with Crippen LogP contribution in [0, 0.1) is 0 Å². The summed E-state index contributed by atoms with van der Waals surface area (Å²) in [6.45, 7) is 1.55. The van der Waals surface area contributed by atoms with E-state index >= 15 is 0 Å². The molecule has 0 spiro atoms. The average Bonchev–Trinajstić information content (AvgIpc) is 2.88. The summed E-state index contributed by atoms with van der Waals surface area (Å²) in [5, 5.41) is 2.78. The van der Waals surface area contributed by atoms with Gasteiger partial charge in [-0.05, 0) is 25.0 Å². The fraction of sp³-hybridized carbons (Fsp3) is 0.533. The van der Waals surface area contributed by atoms with Crippen LogP contribution in [-0.4, -0.2) is 50.7 Å². The number of sulfonamides is 1. The fourth-order valence-corrected chi connectivity index (χ4v) is 3.99. The number of benzene rings is 1. The Balaban J connectivity index is 1.74. The lowest BCUT2D eigenvalue weighted by molar-refractivity contribution is -0.119. The predicted octanol–water partition coefficient (Wildman–Crippen LogP) is 1.21. The zero-order valence-electron chi connectivity index (χ0n) is 12.9. The Morgan fingerprint density at radius 1 is 1.22 bits per heavy atom. The Hall–Kier alpha value is -1.80. The van der Waals surface area contributed by atoms with Crippen LogP contribution in [0.5, 0.6) is 11.5 Å². The first-order chi connectivity index (χ1) is 10.9. The highest BCUT2D eigenvalue weighted by Gasteiger charge is 2.36. The highest BCUT2D eigenvalue weighted by Crippen LogP contribution is 2.32. The molecule has 1 atom stereocenters. The predicted molar refractivity (Wildman–Crippen MR) is 85.3 cm³/mol. The maximum atomic E-state index is 12.4. The molecule has 126 valence electrons. The summed E-state index contributed by atoms with van der Waals surface area (Å²) in [7, 11) is -3.38. The molecule has 0 aromatic heterocycles. The number of hydrogen-bond donors (Lipinski definition) is 1. The zero-order chi connectivity index (χ0) is 16.4. The minimum atomic E-state index is -3.38. The first-order valence-corrected chi connectivity index (χ1v) is 9.47. The number of anilines is 1. The molecule has 1 fully saturated rings. The topological polar surface area (TPSA) is 84.9 Å². The summed E-state index contributed by atoms with van der Waals surface area (Å²) in [5.41, 5.74) is 0.569. The summed E-state index contributed by atoms with van der Waals surface area (Å²) < 4.78 is 35.9. The van der Waals surface area contributed by atoms with Crippen LogP contribution in [-0.2, 0) is 14.8 Å². The van der Waals surface area contributed by atoms with Crippen molar-refractivity contribution in [3.05, 3.63) is 18.2 Å². The SMILES string of the molecule is CS(=O)(=O)N1CCCC1C(=O)Nc1ccc2c(c1)OCCCO2. The first-order valence-electron chi connectivity index (χ1n) is 7.62. The largest absolute Gasteiger partial charge is 0.490 e. The lowest BCUT2D eigenvalue weighted by Gasteiger charge is -2.21. The maximum absolute atomic E-state index is 12.4. The lowest BCUT2D eigenvalue weighted by Crippen LogP contribution is -2.42. The van der Waals surface area contributed by atoms with E-state index in [1.54, 1.807) is 18.2 Å². The maximum Gasteiger partial charge on any atom is 0.242 e. The van der Waals surface area contributed by atoms with E-state index in [4.69, 9.17) is 9.47 Å². The third-order valence-corrected chi connectivity index (χ3v) is 5.24. The third kappa shape index (κ3) is 3.59. The first kappa shape index (κ1) is 16.1. The molecule has 2 aliphatic heterocycles. The molecule has 1 saturated heterocycles. The van der Waals surface area contributed by atoms with E-state index in [9.17, 15) is 13.2 Å². The molecule has 0 radical (unpaired) electrons. The van der Waals surface area contributed by atoms with E-state index in [1.807, 2.05) is 0 Å². The van der Waals surface area contributed by atoms with Gasteiger partial charge in [-0.25, -0.2) is 8.42 Å². The lowest BCUT2D eigenvalue weighted by atomic mass is 10.2. The summed E-state index contributed by atoms with van der Waals surface area (Å²) in [4.78, 5) is 12.4. The van der Waals surface area contributed by atoms with Gasteiger partial charge in [0.1, 0.15) is 6.04 Å². The van der Waals surface area contributed by atoms with Crippen LogP contribution in [0.4, 0.5) is 5.69 Å². The minimum absolute atomic E-state index is 0.317. The Kier molecular flexibility index (Phi) is 4.45. The van der Waals surface area contributed by atoms with Gasteiger partial charge in [0.05, 0.1) is 19.5 Å².